The minimum atomic E-state index is 0.178. The van der Waals surface area contributed by atoms with Crippen LogP contribution in [-0.2, 0) is 0 Å². The third-order valence-electron chi connectivity index (χ3n) is 3.73. The van der Waals surface area contributed by atoms with Crippen molar-refractivity contribution in [2.75, 3.05) is 26.2 Å². The molecule has 2 heterocycles. The number of hydrogen-bond donors (Lipinski definition) is 0. The third kappa shape index (κ3) is 2.61. The normalized spacial score (nSPS) is 23.9. The lowest BCUT2D eigenvalue weighted by Gasteiger charge is -2.33. The predicted octanol–water partition coefficient (Wildman–Crippen LogP) is 2.62. The Labute approximate surface area is 109 Å². The maximum atomic E-state index is 6.05. The van der Waals surface area contributed by atoms with Crippen molar-refractivity contribution in [2.45, 2.75) is 32.3 Å². The van der Waals surface area contributed by atoms with Crippen LogP contribution in [0.1, 0.15) is 24.8 Å². The van der Waals surface area contributed by atoms with Crippen LogP contribution in [0.25, 0.3) is 0 Å². The lowest BCUT2D eigenvalue weighted by molar-refractivity contribution is 0.0532. The van der Waals surface area contributed by atoms with Crippen LogP contribution in [0.15, 0.2) is 18.2 Å². The van der Waals surface area contributed by atoms with Gasteiger partial charge in [0.1, 0.15) is 12.7 Å². The quantitative estimate of drug-likeness (QED) is 0.802. The number of piperidine rings is 1. The van der Waals surface area contributed by atoms with Crippen molar-refractivity contribution in [3.8, 4) is 11.5 Å². The first kappa shape index (κ1) is 11.8. The number of hydrogen-bond acceptors (Lipinski definition) is 3. The minimum absolute atomic E-state index is 0.178. The lowest BCUT2D eigenvalue weighted by Crippen LogP contribution is -2.42. The first-order valence-electron chi connectivity index (χ1n) is 6.94. The van der Waals surface area contributed by atoms with Crippen molar-refractivity contribution in [3.05, 3.63) is 23.8 Å². The van der Waals surface area contributed by atoms with E-state index in [1.165, 1.54) is 37.9 Å². The standard InChI is InChI=1S/C15H21NO2/c1-12-5-6-14-15(9-12)18-13(11-17-14)10-16-7-3-2-4-8-16/h5-6,9,13H,2-4,7-8,10-11H2,1H3. The van der Waals surface area contributed by atoms with E-state index >= 15 is 0 Å². The molecule has 1 saturated heterocycles. The molecular formula is C15H21NO2. The molecule has 0 N–H and O–H groups in total. The van der Waals surface area contributed by atoms with E-state index in [1.807, 2.05) is 6.07 Å². The highest BCUT2D eigenvalue weighted by Gasteiger charge is 2.23. The molecule has 18 heavy (non-hydrogen) atoms. The highest BCUT2D eigenvalue weighted by molar-refractivity contribution is 5.43. The summed E-state index contributed by atoms with van der Waals surface area (Å²) in [6.45, 7) is 6.17. The Balaban J connectivity index is 1.63. The fourth-order valence-corrected chi connectivity index (χ4v) is 2.74. The Morgan fingerprint density at radius 2 is 2.00 bits per heavy atom. The van der Waals surface area contributed by atoms with Gasteiger partial charge in [-0.2, -0.15) is 0 Å². The van der Waals surface area contributed by atoms with E-state index in [-0.39, 0.29) is 6.10 Å². The molecule has 3 heteroatoms. The molecule has 1 unspecified atom stereocenters. The van der Waals surface area contributed by atoms with E-state index in [9.17, 15) is 0 Å². The van der Waals surface area contributed by atoms with E-state index in [1.54, 1.807) is 0 Å². The zero-order valence-corrected chi connectivity index (χ0v) is 11.0. The molecule has 1 aromatic carbocycles. The molecule has 1 atom stereocenters. The van der Waals surface area contributed by atoms with E-state index < -0.39 is 0 Å². The molecule has 98 valence electrons. The summed E-state index contributed by atoms with van der Waals surface area (Å²) in [6.07, 6.45) is 4.20. The zero-order valence-electron chi connectivity index (χ0n) is 11.0. The lowest BCUT2D eigenvalue weighted by atomic mass is 10.1. The van der Waals surface area contributed by atoms with Crippen molar-refractivity contribution >= 4 is 0 Å². The van der Waals surface area contributed by atoms with Crippen LogP contribution in [0.2, 0.25) is 0 Å². The molecule has 2 aliphatic rings. The molecular weight excluding hydrogens is 226 g/mol. The molecule has 1 aromatic rings. The monoisotopic (exact) mass is 247 g/mol. The Kier molecular flexibility index (Phi) is 3.41. The molecule has 0 radical (unpaired) electrons. The van der Waals surface area contributed by atoms with Crippen LogP contribution in [0.5, 0.6) is 11.5 Å². The van der Waals surface area contributed by atoms with Crippen molar-refractivity contribution < 1.29 is 9.47 Å². The van der Waals surface area contributed by atoms with Crippen molar-refractivity contribution in [2.24, 2.45) is 0 Å². The Morgan fingerprint density at radius 3 is 2.83 bits per heavy atom. The first-order chi connectivity index (χ1) is 8.81. The van der Waals surface area contributed by atoms with Gasteiger partial charge in [-0.15, -0.1) is 0 Å². The molecule has 2 aliphatic heterocycles. The molecule has 0 amide bonds. The maximum absolute atomic E-state index is 6.05. The third-order valence-corrected chi connectivity index (χ3v) is 3.73. The van der Waals surface area contributed by atoms with Gasteiger partial charge in [0, 0.05) is 6.54 Å². The van der Waals surface area contributed by atoms with Crippen LogP contribution < -0.4 is 9.47 Å². The van der Waals surface area contributed by atoms with Crippen LogP contribution in [0.4, 0.5) is 0 Å². The van der Waals surface area contributed by atoms with Crippen molar-refractivity contribution in [1.82, 2.24) is 4.90 Å². The second-order valence-corrected chi connectivity index (χ2v) is 5.36. The summed E-state index contributed by atoms with van der Waals surface area (Å²) in [7, 11) is 0. The molecule has 1 fully saturated rings. The number of aryl methyl sites for hydroxylation is 1. The smallest absolute Gasteiger partial charge is 0.162 e. The zero-order chi connectivity index (χ0) is 12.4. The second kappa shape index (κ2) is 5.19. The fraction of sp³-hybridized carbons (Fsp3) is 0.600. The summed E-state index contributed by atoms with van der Waals surface area (Å²) in [5.74, 6) is 1.79. The number of nitrogens with zero attached hydrogens (tertiary/aromatic N) is 1. The summed E-state index contributed by atoms with van der Waals surface area (Å²) in [6, 6.07) is 6.13. The van der Waals surface area contributed by atoms with Crippen LogP contribution in [0.3, 0.4) is 0 Å². The molecule has 3 rings (SSSR count). The molecule has 0 saturated carbocycles. The van der Waals surface area contributed by atoms with Gasteiger partial charge in [0.15, 0.2) is 11.5 Å². The number of rotatable bonds is 2. The first-order valence-corrected chi connectivity index (χ1v) is 6.94. The average molecular weight is 247 g/mol. The van der Waals surface area contributed by atoms with Gasteiger partial charge in [0.2, 0.25) is 0 Å². The van der Waals surface area contributed by atoms with Gasteiger partial charge >= 0.3 is 0 Å². The van der Waals surface area contributed by atoms with Crippen LogP contribution >= 0.6 is 0 Å². The van der Waals surface area contributed by atoms with E-state index in [4.69, 9.17) is 9.47 Å². The van der Waals surface area contributed by atoms with Crippen LogP contribution in [-0.4, -0.2) is 37.2 Å². The van der Waals surface area contributed by atoms with Gasteiger partial charge in [0.25, 0.3) is 0 Å². The largest absolute Gasteiger partial charge is 0.486 e. The average Bonchev–Trinajstić information content (AvgIpc) is 2.39. The molecule has 3 nitrogen and oxygen atoms in total. The van der Waals surface area contributed by atoms with E-state index in [2.05, 4.69) is 24.0 Å². The topological polar surface area (TPSA) is 21.7 Å². The van der Waals surface area contributed by atoms with Gasteiger partial charge in [-0.25, -0.2) is 0 Å². The number of fused-ring (bicyclic) bond motifs is 1. The van der Waals surface area contributed by atoms with Gasteiger partial charge in [0.05, 0.1) is 0 Å². The van der Waals surface area contributed by atoms with Crippen molar-refractivity contribution in [1.29, 1.82) is 0 Å². The van der Waals surface area contributed by atoms with Gasteiger partial charge in [-0.1, -0.05) is 12.5 Å². The number of ether oxygens (including phenoxy) is 2. The predicted molar refractivity (Wildman–Crippen MR) is 71.4 cm³/mol. The van der Waals surface area contributed by atoms with Crippen molar-refractivity contribution in [3.63, 3.8) is 0 Å². The molecule has 0 aliphatic carbocycles. The summed E-state index contributed by atoms with van der Waals surface area (Å²) in [4.78, 5) is 2.50. The van der Waals surface area contributed by atoms with Gasteiger partial charge < -0.3 is 9.47 Å². The van der Waals surface area contributed by atoms with E-state index in [0.29, 0.717) is 6.61 Å². The van der Waals surface area contributed by atoms with Crippen LogP contribution in [0, 0.1) is 6.92 Å². The highest BCUT2D eigenvalue weighted by atomic mass is 16.6. The highest BCUT2D eigenvalue weighted by Crippen LogP contribution is 2.32. The molecule has 0 bridgehead atoms. The Bertz CT molecular complexity index is 413. The SMILES string of the molecule is Cc1ccc2c(c1)OC(CN1CCCCC1)CO2. The molecule has 0 aromatic heterocycles. The van der Waals surface area contributed by atoms with Gasteiger partial charge in [-0.3, -0.25) is 4.90 Å². The maximum Gasteiger partial charge on any atom is 0.162 e. The second-order valence-electron chi connectivity index (χ2n) is 5.36. The Hall–Kier alpha value is -1.22. The van der Waals surface area contributed by atoms with E-state index in [0.717, 1.165) is 18.0 Å². The summed E-state index contributed by atoms with van der Waals surface area (Å²) in [5.41, 5.74) is 1.22. The Morgan fingerprint density at radius 1 is 1.17 bits per heavy atom. The summed E-state index contributed by atoms with van der Waals surface area (Å²) >= 11 is 0. The summed E-state index contributed by atoms with van der Waals surface area (Å²) in [5, 5.41) is 0. The van der Waals surface area contributed by atoms with Gasteiger partial charge in [-0.05, 0) is 50.6 Å². The number of likely N-dealkylation sites (tertiary alicyclic amines) is 1. The fourth-order valence-electron chi connectivity index (χ4n) is 2.74. The molecule has 0 spiro atoms. The summed E-state index contributed by atoms with van der Waals surface area (Å²) < 4.78 is 11.8. The number of benzene rings is 1. The minimum Gasteiger partial charge on any atom is -0.486 e.